The highest BCUT2D eigenvalue weighted by atomic mass is 32.3. The predicted octanol–water partition coefficient (Wildman–Crippen LogP) is 8.95. The van der Waals surface area contributed by atoms with Gasteiger partial charge in [0.25, 0.3) is 4.06 Å². The third-order valence-corrected chi connectivity index (χ3v) is 15.0. The van der Waals surface area contributed by atoms with Crippen LogP contribution in [0.5, 0.6) is 0 Å². The number of unbranched alkanes of at least 4 members (excludes halogenated alkanes) is 4. The molecule has 0 spiro atoms. The van der Waals surface area contributed by atoms with Gasteiger partial charge in [0.1, 0.15) is 0 Å². The fourth-order valence-corrected chi connectivity index (χ4v) is 14.2. The molecule has 0 radical (unpaired) electrons. The lowest BCUT2D eigenvalue weighted by atomic mass is 10.3. The number of fused-ring (bicyclic) bond motifs is 1. The molecule has 26 heavy (non-hydrogen) atoms. The Kier molecular flexibility index (Phi) is 9.85. The summed E-state index contributed by atoms with van der Waals surface area (Å²) in [6.45, 7) is 4.53. The largest absolute Gasteiger partial charge is 0.289 e. The van der Waals surface area contributed by atoms with Crippen molar-refractivity contribution < 1.29 is 0 Å². The van der Waals surface area contributed by atoms with E-state index in [9.17, 15) is 4.79 Å². The molecule has 2 aliphatic rings. The molecule has 0 N–H and O–H groups in total. The molecular formula is C17H22OS8. The van der Waals surface area contributed by atoms with Crippen molar-refractivity contribution in [2.45, 2.75) is 60.8 Å². The lowest BCUT2D eigenvalue weighted by Gasteiger charge is -2.04. The third-order valence-electron chi connectivity index (χ3n) is 3.56. The third kappa shape index (κ3) is 6.21. The smallest absolute Gasteiger partial charge is 0.265 e. The van der Waals surface area contributed by atoms with Gasteiger partial charge in [0, 0.05) is 0 Å². The number of thioether (sulfide) groups is 6. The number of hydrogen-bond donors (Lipinski definition) is 0. The molecule has 0 amide bonds. The molecule has 0 atom stereocenters. The normalized spacial score (nSPS) is 16.8. The molecule has 0 saturated heterocycles. The van der Waals surface area contributed by atoms with Crippen molar-refractivity contribution in [1.29, 1.82) is 0 Å². The van der Waals surface area contributed by atoms with Gasteiger partial charge in [-0.05, 0) is 24.3 Å². The predicted molar refractivity (Wildman–Crippen MR) is 133 cm³/mol. The number of rotatable bonds is 10. The zero-order valence-corrected chi connectivity index (χ0v) is 21.4. The second kappa shape index (κ2) is 11.6. The van der Waals surface area contributed by atoms with Crippen LogP contribution in [0.15, 0.2) is 30.2 Å². The molecule has 3 rings (SSSR count). The Morgan fingerprint density at radius 1 is 0.692 bits per heavy atom. The van der Waals surface area contributed by atoms with E-state index in [-0.39, 0.29) is 4.06 Å². The summed E-state index contributed by atoms with van der Waals surface area (Å²) < 4.78 is 8.47. The zero-order valence-electron chi connectivity index (χ0n) is 14.8. The van der Waals surface area contributed by atoms with E-state index >= 15 is 0 Å². The van der Waals surface area contributed by atoms with Crippen LogP contribution in [0.3, 0.4) is 0 Å². The van der Waals surface area contributed by atoms with E-state index < -0.39 is 0 Å². The van der Waals surface area contributed by atoms with E-state index in [0.717, 1.165) is 0 Å². The summed E-state index contributed by atoms with van der Waals surface area (Å²) in [5, 5.41) is 0. The van der Waals surface area contributed by atoms with Crippen LogP contribution in [0.4, 0.5) is 0 Å². The molecule has 9 heteroatoms. The summed E-state index contributed by atoms with van der Waals surface area (Å²) in [6, 6.07) is 0. The first-order chi connectivity index (χ1) is 12.7. The van der Waals surface area contributed by atoms with Crippen LogP contribution in [0, 0.1) is 0 Å². The van der Waals surface area contributed by atoms with Crippen molar-refractivity contribution >= 4 is 93.2 Å². The van der Waals surface area contributed by atoms with Gasteiger partial charge in [0.05, 0.1) is 25.4 Å². The Hall–Kier alpha value is 1.43. The van der Waals surface area contributed by atoms with E-state index in [1.807, 2.05) is 23.5 Å². The summed E-state index contributed by atoms with van der Waals surface area (Å²) in [7, 11) is 0. The van der Waals surface area contributed by atoms with Gasteiger partial charge in [-0.1, -0.05) is 109 Å². The first kappa shape index (κ1) is 22.1. The monoisotopic (exact) mass is 498 g/mol. The fraction of sp³-hybridized carbons (Fsp3) is 0.588. The lowest BCUT2D eigenvalue weighted by molar-refractivity contribution is 0.779. The second-order valence-electron chi connectivity index (χ2n) is 5.70. The molecule has 1 aromatic heterocycles. The van der Waals surface area contributed by atoms with Crippen LogP contribution in [0.2, 0.25) is 0 Å². The second-order valence-corrected chi connectivity index (χ2v) is 15.8. The first-order valence-corrected chi connectivity index (χ1v) is 15.7. The van der Waals surface area contributed by atoms with E-state index in [4.69, 9.17) is 0 Å². The van der Waals surface area contributed by atoms with Crippen molar-refractivity contribution in [2.24, 2.45) is 0 Å². The van der Waals surface area contributed by atoms with Crippen LogP contribution < -0.4 is 4.06 Å². The minimum absolute atomic E-state index is 0.225. The first-order valence-electron chi connectivity index (χ1n) is 8.80. The van der Waals surface area contributed by atoms with Gasteiger partial charge in [0.15, 0.2) is 0 Å². The molecule has 1 aromatic rings. The van der Waals surface area contributed by atoms with Crippen LogP contribution in [0.25, 0.3) is 0 Å². The Labute approximate surface area is 189 Å². The zero-order chi connectivity index (χ0) is 18.4. The molecule has 0 aromatic carbocycles. The van der Waals surface area contributed by atoms with Crippen molar-refractivity contribution in [1.82, 2.24) is 0 Å². The van der Waals surface area contributed by atoms with E-state index in [0.29, 0.717) is 0 Å². The van der Waals surface area contributed by atoms with E-state index in [2.05, 4.69) is 37.4 Å². The van der Waals surface area contributed by atoms with Crippen LogP contribution >= 0.6 is 93.2 Å². The van der Waals surface area contributed by atoms with E-state index in [1.165, 1.54) is 98.1 Å². The average Bonchev–Trinajstić information content (AvgIpc) is 3.28. The molecule has 1 nitrogen and oxygen atoms in total. The SMILES string of the molecule is CCCCCSC1=C(SCCCCC)SC(=C2Sc3sc(=O)sc3S2)S1. The molecule has 2 aliphatic heterocycles. The molecule has 144 valence electrons. The average molecular weight is 499 g/mol. The van der Waals surface area contributed by atoms with Gasteiger partial charge in [0.2, 0.25) is 0 Å². The quantitative estimate of drug-likeness (QED) is 0.295. The molecule has 0 fully saturated rings. The summed E-state index contributed by atoms with van der Waals surface area (Å²) in [5.41, 5.74) is 0. The highest BCUT2D eigenvalue weighted by Gasteiger charge is 2.30. The highest BCUT2D eigenvalue weighted by molar-refractivity contribution is 8.42. The minimum atomic E-state index is 0.225. The van der Waals surface area contributed by atoms with Crippen molar-refractivity contribution in [3.05, 3.63) is 25.8 Å². The van der Waals surface area contributed by atoms with Gasteiger partial charge in [-0.3, -0.25) is 4.79 Å². The van der Waals surface area contributed by atoms with Crippen molar-refractivity contribution in [3.8, 4) is 0 Å². The topological polar surface area (TPSA) is 17.1 Å². The summed E-state index contributed by atoms with van der Waals surface area (Å²) in [4.78, 5) is 11.5. The standard InChI is InChI=1S/C17H22OS8/c1-3-5-7-9-19-11-12(20-10-8-6-4-2)22-13(21-11)14-23-15-16(24-14)26-17(18)25-15/h3-10H2,1-2H3. The van der Waals surface area contributed by atoms with E-state index in [1.54, 1.807) is 23.5 Å². The lowest BCUT2D eigenvalue weighted by Crippen LogP contribution is -1.82. The van der Waals surface area contributed by atoms with Gasteiger partial charge in [-0.15, -0.1) is 23.5 Å². The Morgan fingerprint density at radius 2 is 1.15 bits per heavy atom. The maximum Gasteiger partial charge on any atom is 0.289 e. The summed E-state index contributed by atoms with van der Waals surface area (Å²) in [6.07, 6.45) is 7.85. The molecular weight excluding hydrogens is 477 g/mol. The van der Waals surface area contributed by atoms with Crippen LogP contribution in [-0.4, -0.2) is 11.5 Å². The molecule has 0 bridgehead atoms. The molecule has 0 unspecified atom stereocenters. The van der Waals surface area contributed by atoms with Gasteiger partial charge in [-0.25, -0.2) is 0 Å². The Morgan fingerprint density at radius 3 is 1.62 bits per heavy atom. The maximum absolute atomic E-state index is 11.5. The maximum atomic E-state index is 11.5. The molecule has 0 saturated carbocycles. The summed E-state index contributed by atoms with van der Waals surface area (Å²) >= 11 is 14.5. The Bertz CT molecular complexity index is 675. The molecule has 0 aliphatic carbocycles. The minimum Gasteiger partial charge on any atom is -0.265 e. The molecule has 3 heterocycles. The van der Waals surface area contributed by atoms with Crippen molar-refractivity contribution in [3.63, 3.8) is 0 Å². The van der Waals surface area contributed by atoms with Crippen molar-refractivity contribution in [2.75, 3.05) is 11.5 Å². The van der Waals surface area contributed by atoms with Gasteiger partial charge in [-0.2, -0.15) is 0 Å². The fourth-order valence-electron chi connectivity index (χ4n) is 2.22. The highest BCUT2D eigenvalue weighted by Crippen LogP contribution is 2.65. The van der Waals surface area contributed by atoms with Crippen LogP contribution in [0.1, 0.15) is 52.4 Å². The van der Waals surface area contributed by atoms with Gasteiger partial charge >= 0.3 is 0 Å². The number of hydrogen-bond acceptors (Lipinski definition) is 9. The van der Waals surface area contributed by atoms with Gasteiger partial charge < -0.3 is 0 Å². The summed E-state index contributed by atoms with van der Waals surface area (Å²) in [5.74, 6) is 2.46. The van der Waals surface area contributed by atoms with Crippen LogP contribution in [-0.2, 0) is 0 Å². The Balaban J connectivity index is 1.63.